The van der Waals surface area contributed by atoms with E-state index in [9.17, 15) is 10.1 Å². The number of ether oxygens (including phenoxy) is 1. The largest absolute Gasteiger partial charge is 0.485 e. The van der Waals surface area contributed by atoms with Crippen LogP contribution in [0, 0.1) is 10.1 Å². The lowest BCUT2D eigenvalue weighted by atomic mass is 10.3. The van der Waals surface area contributed by atoms with Gasteiger partial charge in [0.05, 0.1) is 4.92 Å². The Morgan fingerprint density at radius 3 is 2.15 bits per heavy atom. The molecule has 26 heavy (non-hydrogen) atoms. The van der Waals surface area contributed by atoms with E-state index < -0.39 is 16.9 Å². The minimum atomic E-state index is -1.82. The van der Waals surface area contributed by atoms with E-state index in [1.807, 2.05) is 0 Å². The van der Waals surface area contributed by atoms with E-state index in [4.69, 9.17) is 24.5 Å². The van der Waals surface area contributed by atoms with Crippen LogP contribution in [0.1, 0.15) is 6.92 Å². The van der Waals surface area contributed by atoms with Gasteiger partial charge in [-0.2, -0.15) is 0 Å². The molecule has 0 spiro atoms. The van der Waals surface area contributed by atoms with Crippen LogP contribution in [0.5, 0.6) is 5.75 Å². The summed E-state index contributed by atoms with van der Waals surface area (Å²) < 4.78 is 5.56. The van der Waals surface area contributed by atoms with Crippen LogP contribution in [0.4, 0.5) is 5.69 Å². The molecule has 0 amide bonds. The number of piperazine rings is 1. The van der Waals surface area contributed by atoms with E-state index in [1.165, 1.54) is 6.07 Å². The average molecular weight is 369 g/mol. The highest BCUT2D eigenvalue weighted by Crippen LogP contribution is 2.25. The Morgan fingerprint density at radius 2 is 1.65 bits per heavy atom. The Balaban J connectivity index is 0.000000487. The topological polar surface area (TPSA) is 133 Å². The zero-order valence-electron chi connectivity index (χ0n) is 14.5. The van der Waals surface area contributed by atoms with Crippen molar-refractivity contribution in [2.75, 3.05) is 45.9 Å². The number of para-hydroxylation sites is 2. The number of nitro benzene ring substituents is 1. The van der Waals surface area contributed by atoms with Gasteiger partial charge in [-0.3, -0.25) is 15.0 Å². The summed E-state index contributed by atoms with van der Waals surface area (Å²) in [5.74, 6) is -3.30. The van der Waals surface area contributed by atoms with Crippen molar-refractivity contribution in [3.8, 4) is 5.75 Å². The number of carbonyl (C=O) groups is 2. The number of hydrogen-bond donors (Lipinski definition) is 2. The molecule has 1 fully saturated rings. The third-order valence-corrected chi connectivity index (χ3v) is 3.82. The zero-order chi connectivity index (χ0) is 19.5. The van der Waals surface area contributed by atoms with Crippen LogP contribution in [0.15, 0.2) is 24.3 Å². The van der Waals surface area contributed by atoms with Crippen molar-refractivity contribution < 1.29 is 29.5 Å². The van der Waals surface area contributed by atoms with Gasteiger partial charge in [-0.1, -0.05) is 19.1 Å². The first-order chi connectivity index (χ1) is 12.3. The molecular formula is C16H23N3O7. The first-order valence-corrected chi connectivity index (χ1v) is 8.12. The summed E-state index contributed by atoms with van der Waals surface area (Å²) in [6.45, 7) is 8.81. The second kappa shape index (κ2) is 11.0. The van der Waals surface area contributed by atoms with Crippen LogP contribution in [0.25, 0.3) is 0 Å². The Kier molecular flexibility index (Phi) is 9.02. The Morgan fingerprint density at radius 1 is 1.12 bits per heavy atom. The number of nitrogens with zero attached hydrogens (tertiary/aromatic N) is 3. The molecule has 1 aliphatic rings. The lowest BCUT2D eigenvalue weighted by Gasteiger charge is -2.33. The highest BCUT2D eigenvalue weighted by atomic mass is 16.6. The highest BCUT2D eigenvalue weighted by Gasteiger charge is 2.17. The fraction of sp³-hybridized carbons (Fsp3) is 0.500. The van der Waals surface area contributed by atoms with Gasteiger partial charge in [-0.05, 0) is 12.6 Å². The molecule has 0 bridgehead atoms. The van der Waals surface area contributed by atoms with Gasteiger partial charge in [0.15, 0.2) is 5.75 Å². The fourth-order valence-corrected chi connectivity index (χ4v) is 2.34. The van der Waals surface area contributed by atoms with Gasteiger partial charge in [0.25, 0.3) is 0 Å². The summed E-state index contributed by atoms with van der Waals surface area (Å²) in [5.41, 5.74) is 0.0308. The van der Waals surface area contributed by atoms with Gasteiger partial charge in [0.2, 0.25) is 0 Å². The summed E-state index contributed by atoms with van der Waals surface area (Å²) in [7, 11) is 0. The maximum Gasteiger partial charge on any atom is 0.414 e. The first-order valence-electron chi connectivity index (χ1n) is 8.12. The molecule has 1 saturated heterocycles. The van der Waals surface area contributed by atoms with E-state index >= 15 is 0 Å². The highest BCUT2D eigenvalue weighted by molar-refractivity contribution is 6.27. The minimum Gasteiger partial charge on any atom is -0.485 e. The van der Waals surface area contributed by atoms with E-state index in [1.54, 1.807) is 18.2 Å². The normalized spacial score (nSPS) is 14.8. The van der Waals surface area contributed by atoms with Crippen molar-refractivity contribution in [3.05, 3.63) is 34.4 Å². The summed E-state index contributed by atoms with van der Waals surface area (Å²) in [6.07, 6.45) is 0. The van der Waals surface area contributed by atoms with Gasteiger partial charge in [-0.25, -0.2) is 9.59 Å². The molecule has 0 aliphatic carbocycles. The number of likely N-dealkylation sites (N-methyl/N-ethyl adjacent to an activating group) is 1. The van der Waals surface area contributed by atoms with Crippen molar-refractivity contribution >= 4 is 17.6 Å². The molecule has 0 saturated carbocycles. The van der Waals surface area contributed by atoms with Gasteiger partial charge in [-0.15, -0.1) is 0 Å². The predicted octanol–water partition coefficient (Wildman–Crippen LogP) is 0.767. The molecule has 0 radical (unpaired) electrons. The van der Waals surface area contributed by atoms with Gasteiger partial charge >= 0.3 is 17.6 Å². The molecule has 10 nitrogen and oxygen atoms in total. The third-order valence-electron chi connectivity index (χ3n) is 3.82. The Hall–Kier alpha value is -2.72. The molecular weight excluding hydrogens is 346 g/mol. The molecule has 144 valence electrons. The zero-order valence-corrected chi connectivity index (χ0v) is 14.5. The number of benzene rings is 1. The molecule has 0 aromatic heterocycles. The SMILES string of the molecule is CCN1CCN(CCOc2ccccc2[N+](=O)[O-])CC1.O=C(O)C(=O)O. The maximum atomic E-state index is 10.9. The van der Waals surface area contributed by atoms with E-state index in [0.717, 1.165) is 39.3 Å². The van der Waals surface area contributed by atoms with Crippen LogP contribution in [0.2, 0.25) is 0 Å². The van der Waals surface area contributed by atoms with Crippen LogP contribution in [-0.2, 0) is 9.59 Å². The molecule has 2 rings (SSSR count). The molecule has 10 heteroatoms. The van der Waals surface area contributed by atoms with Crippen LogP contribution in [0.3, 0.4) is 0 Å². The second-order valence-corrected chi connectivity index (χ2v) is 5.46. The standard InChI is InChI=1S/C14H21N3O3.C2H2O4/c1-2-15-7-9-16(10-8-15)11-12-20-14-6-4-3-5-13(14)17(18)19;3-1(4)2(5)6/h3-6H,2,7-12H2,1H3;(H,3,4)(H,5,6). The van der Waals surface area contributed by atoms with Crippen molar-refractivity contribution in [1.29, 1.82) is 0 Å². The monoisotopic (exact) mass is 369 g/mol. The van der Waals surface area contributed by atoms with Crippen molar-refractivity contribution in [3.63, 3.8) is 0 Å². The van der Waals surface area contributed by atoms with Crippen LogP contribution in [-0.4, -0.2) is 82.8 Å². The Labute approximate surface area is 150 Å². The number of carboxylic acids is 2. The summed E-state index contributed by atoms with van der Waals surface area (Å²) in [6, 6.07) is 6.51. The van der Waals surface area contributed by atoms with Gasteiger partial charge < -0.3 is 19.8 Å². The van der Waals surface area contributed by atoms with Crippen molar-refractivity contribution in [2.24, 2.45) is 0 Å². The number of aliphatic carboxylic acids is 2. The van der Waals surface area contributed by atoms with E-state index in [-0.39, 0.29) is 5.69 Å². The number of hydrogen-bond acceptors (Lipinski definition) is 7. The smallest absolute Gasteiger partial charge is 0.414 e. The van der Waals surface area contributed by atoms with E-state index in [2.05, 4.69) is 16.7 Å². The lowest BCUT2D eigenvalue weighted by Crippen LogP contribution is -2.47. The Bertz CT molecular complexity index is 604. The fourth-order valence-electron chi connectivity index (χ4n) is 2.34. The van der Waals surface area contributed by atoms with Crippen LogP contribution >= 0.6 is 0 Å². The molecule has 0 atom stereocenters. The lowest BCUT2D eigenvalue weighted by molar-refractivity contribution is -0.385. The second-order valence-electron chi connectivity index (χ2n) is 5.46. The molecule has 1 aromatic carbocycles. The number of nitro groups is 1. The van der Waals surface area contributed by atoms with E-state index in [0.29, 0.717) is 12.4 Å². The van der Waals surface area contributed by atoms with Gasteiger partial charge in [0, 0.05) is 38.8 Å². The molecule has 1 aromatic rings. The van der Waals surface area contributed by atoms with Crippen LogP contribution < -0.4 is 4.74 Å². The quantitative estimate of drug-likeness (QED) is 0.423. The number of carboxylic acid groups (broad SMARTS) is 2. The summed E-state index contributed by atoms with van der Waals surface area (Å²) >= 11 is 0. The van der Waals surface area contributed by atoms with Crippen molar-refractivity contribution in [1.82, 2.24) is 9.80 Å². The minimum absolute atomic E-state index is 0.0308. The van der Waals surface area contributed by atoms with Crippen molar-refractivity contribution in [2.45, 2.75) is 6.92 Å². The molecule has 1 aliphatic heterocycles. The summed E-state index contributed by atoms with van der Waals surface area (Å²) in [4.78, 5) is 33.4. The molecule has 1 heterocycles. The molecule has 0 unspecified atom stereocenters. The average Bonchev–Trinajstić information content (AvgIpc) is 2.63. The molecule has 2 N–H and O–H groups in total. The van der Waals surface area contributed by atoms with Gasteiger partial charge in [0.1, 0.15) is 6.61 Å². The first kappa shape index (κ1) is 21.3. The third kappa shape index (κ3) is 7.45. The summed E-state index contributed by atoms with van der Waals surface area (Å²) in [5, 5.41) is 25.6. The predicted molar refractivity (Wildman–Crippen MR) is 92.4 cm³/mol. The maximum absolute atomic E-state index is 10.9. The number of rotatable bonds is 6.